The van der Waals surface area contributed by atoms with E-state index in [4.69, 9.17) is 0 Å². The Kier molecular flexibility index (Phi) is 1.59. The zero-order chi connectivity index (χ0) is 8.39. The average molecular weight is 159 g/mol. The van der Waals surface area contributed by atoms with Crippen molar-refractivity contribution in [3.05, 3.63) is 37.4 Å². The fourth-order valence-electron chi connectivity index (χ4n) is 0.999. The summed E-state index contributed by atoms with van der Waals surface area (Å²) in [5.41, 5.74) is 0.970. The van der Waals surface area contributed by atoms with Gasteiger partial charge in [-0.1, -0.05) is 30.3 Å². The van der Waals surface area contributed by atoms with E-state index >= 15 is 0 Å². The minimum atomic E-state index is 0.676. The maximum absolute atomic E-state index is 3.83. The lowest BCUT2D eigenvalue weighted by atomic mass is 10.2. The molecule has 0 saturated heterocycles. The number of tetrazole rings is 1. The van der Waals surface area contributed by atoms with E-state index in [1.165, 1.54) is 4.68 Å². The van der Waals surface area contributed by atoms with Crippen molar-refractivity contribution in [3.8, 4) is 11.4 Å². The summed E-state index contributed by atoms with van der Waals surface area (Å²) in [7, 11) is 3.64. The molecule has 1 aromatic carbocycles. The van der Waals surface area contributed by atoms with Crippen LogP contribution in [0.2, 0.25) is 0 Å². The molecule has 12 heavy (non-hydrogen) atoms. The van der Waals surface area contributed by atoms with E-state index in [1.807, 2.05) is 30.3 Å². The van der Waals surface area contributed by atoms with Gasteiger partial charge in [0.25, 0.3) is 0 Å². The molecule has 2 aromatic rings. The van der Waals surface area contributed by atoms with Crippen LogP contribution in [0.1, 0.15) is 0 Å². The highest BCUT2D eigenvalue weighted by atomic mass is 15.5. The Morgan fingerprint density at radius 1 is 1.17 bits per heavy atom. The Morgan fingerprint density at radius 2 is 1.92 bits per heavy atom. The second-order valence-electron chi connectivity index (χ2n) is 2.37. The zero-order valence-corrected chi connectivity index (χ0v) is 6.38. The van der Waals surface area contributed by atoms with Crippen LogP contribution >= 0.6 is 0 Å². The van der Waals surface area contributed by atoms with E-state index in [9.17, 15) is 0 Å². The Labute approximate surface area is 69.8 Å². The van der Waals surface area contributed by atoms with Crippen LogP contribution in [0.15, 0.2) is 30.3 Å². The maximum atomic E-state index is 3.83. The molecule has 1 heterocycles. The number of nitrogens with zero attached hydrogens (tertiary/aromatic N) is 4. The predicted octanol–water partition coefficient (Wildman–Crippen LogP) is 0.980. The van der Waals surface area contributed by atoms with E-state index in [0.717, 1.165) is 5.56 Å². The summed E-state index contributed by atoms with van der Waals surface area (Å²) >= 11 is 0. The van der Waals surface area contributed by atoms with Crippen LogP contribution in [0.25, 0.3) is 11.4 Å². The van der Waals surface area contributed by atoms with Gasteiger partial charge in [-0.05, 0) is 10.4 Å². The van der Waals surface area contributed by atoms with Gasteiger partial charge in [0, 0.05) is 5.56 Å². The van der Waals surface area contributed by atoms with E-state index in [0.29, 0.717) is 5.82 Å². The van der Waals surface area contributed by atoms with Crippen molar-refractivity contribution in [1.82, 2.24) is 20.2 Å². The normalized spacial score (nSPS) is 10.1. The van der Waals surface area contributed by atoms with E-state index in [2.05, 4.69) is 22.6 Å². The van der Waals surface area contributed by atoms with Gasteiger partial charge < -0.3 is 0 Å². The Balaban J connectivity index is 2.51. The van der Waals surface area contributed by atoms with Crippen LogP contribution in [0, 0.1) is 7.05 Å². The first kappa shape index (κ1) is 6.97. The summed E-state index contributed by atoms with van der Waals surface area (Å²) in [5.74, 6) is 0.676. The second kappa shape index (κ2) is 2.73. The van der Waals surface area contributed by atoms with Crippen molar-refractivity contribution in [3.63, 3.8) is 0 Å². The summed E-state index contributed by atoms with van der Waals surface area (Å²) in [6.07, 6.45) is 0. The highest BCUT2D eigenvalue weighted by Crippen LogP contribution is 2.12. The lowest BCUT2D eigenvalue weighted by Crippen LogP contribution is -1.91. The molecule has 0 spiro atoms. The molecule has 59 valence electrons. The minimum absolute atomic E-state index is 0.676. The third-order valence-corrected chi connectivity index (χ3v) is 1.56. The number of rotatable bonds is 1. The van der Waals surface area contributed by atoms with Gasteiger partial charge >= 0.3 is 0 Å². The van der Waals surface area contributed by atoms with Crippen molar-refractivity contribution in [2.75, 3.05) is 0 Å². The Morgan fingerprint density at radius 3 is 2.50 bits per heavy atom. The average Bonchev–Trinajstić information content (AvgIpc) is 2.53. The number of benzene rings is 1. The van der Waals surface area contributed by atoms with Crippen molar-refractivity contribution in [2.24, 2.45) is 0 Å². The number of aromatic nitrogens is 4. The van der Waals surface area contributed by atoms with Crippen LogP contribution in [-0.4, -0.2) is 20.2 Å². The molecule has 0 amide bonds. The predicted molar refractivity (Wildman–Crippen MR) is 44.0 cm³/mol. The van der Waals surface area contributed by atoms with Gasteiger partial charge in [0.1, 0.15) is 0 Å². The molecule has 0 bridgehead atoms. The molecule has 0 aliphatic carbocycles. The van der Waals surface area contributed by atoms with Gasteiger partial charge in [0.2, 0.25) is 0 Å². The summed E-state index contributed by atoms with van der Waals surface area (Å²) in [6, 6.07) is 9.69. The molecule has 4 heteroatoms. The zero-order valence-electron chi connectivity index (χ0n) is 6.38. The lowest BCUT2D eigenvalue weighted by Gasteiger charge is -1.95. The molecule has 1 aromatic heterocycles. The van der Waals surface area contributed by atoms with Crippen LogP contribution in [-0.2, 0) is 0 Å². The smallest absolute Gasteiger partial charge is 0.182 e. The molecule has 0 N–H and O–H groups in total. The second-order valence-corrected chi connectivity index (χ2v) is 2.37. The van der Waals surface area contributed by atoms with Crippen LogP contribution < -0.4 is 0 Å². The van der Waals surface area contributed by atoms with Gasteiger partial charge in [-0.2, -0.15) is 0 Å². The molecular weight excluding hydrogens is 152 g/mol. The molecule has 0 aliphatic rings. The standard InChI is InChI=1S/C8H7N4/c1-12-8(9-10-11-12)7-5-3-2-4-6-7/h2-6H,1H2. The molecule has 0 unspecified atom stereocenters. The first-order valence-electron chi connectivity index (χ1n) is 3.52. The van der Waals surface area contributed by atoms with Gasteiger partial charge in [-0.3, -0.25) is 0 Å². The highest BCUT2D eigenvalue weighted by Gasteiger charge is 2.02. The van der Waals surface area contributed by atoms with E-state index in [-0.39, 0.29) is 0 Å². The summed E-state index contributed by atoms with van der Waals surface area (Å²) in [5, 5.41) is 11.0. The fraction of sp³-hybridized carbons (Fsp3) is 0. The third-order valence-electron chi connectivity index (χ3n) is 1.56. The van der Waals surface area contributed by atoms with Crippen LogP contribution in [0.4, 0.5) is 0 Å². The first-order valence-corrected chi connectivity index (χ1v) is 3.52. The maximum Gasteiger partial charge on any atom is 0.182 e. The van der Waals surface area contributed by atoms with Crippen molar-refractivity contribution < 1.29 is 0 Å². The van der Waals surface area contributed by atoms with Gasteiger partial charge in [-0.25, -0.2) is 4.68 Å². The Bertz CT molecular complexity index is 366. The topological polar surface area (TPSA) is 43.6 Å². The summed E-state index contributed by atoms with van der Waals surface area (Å²) in [4.78, 5) is 0. The number of hydrogen-bond acceptors (Lipinski definition) is 3. The molecule has 1 radical (unpaired) electrons. The molecule has 2 rings (SSSR count). The largest absolute Gasteiger partial charge is 0.224 e. The van der Waals surface area contributed by atoms with Crippen LogP contribution in [0.3, 0.4) is 0 Å². The summed E-state index contributed by atoms with van der Waals surface area (Å²) in [6.45, 7) is 0. The van der Waals surface area contributed by atoms with Gasteiger partial charge in [0.15, 0.2) is 5.82 Å². The van der Waals surface area contributed by atoms with Crippen LogP contribution in [0.5, 0.6) is 0 Å². The third kappa shape index (κ3) is 1.07. The minimum Gasteiger partial charge on any atom is -0.224 e. The van der Waals surface area contributed by atoms with Gasteiger partial charge in [-0.15, -0.1) is 5.10 Å². The number of hydrogen-bond donors (Lipinski definition) is 0. The molecule has 4 nitrogen and oxygen atoms in total. The van der Waals surface area contributed by atoms with Crippen molar-refractivity contribution in [2.45, 2.75) is 0 Å². The SMILES string of the molecule is [CH2]n1nnnc1-c1ccccc1. The monoisotopic (exact) mass is 159 g/mol. The molecule has 0 atom stereocenters. The quantitative estimate of drug-likeness (QED) is 0.623. The summed E-state index contributed by atoms with van der Waals surface area (Å²) < 4.78 is 1.40. The molecule has 0 saturated carbocycles. The molecule has 0 aliphatic heterocycles. The lowest BCUT2D eigenvalue weighted by molar-refractivity contribution is 0.788. The van der Waals surface area contributed by atoms with E-state index < -0.39 is 0 Å². The van der Waals surface area contributed by atoms with E-state index in [1.54, 1.807) is 0 Å². The Hall–Kier alpha value is -1.71. The fourth-order valence-corrected chi connectivity index (χ4v) is 0.999. The van der Waals surface area contributed by atoms with Crippen molar-refractivity contribution >= 4 is 0 Å². The molecule has 0 fully saturated rings. The van der Waals surface area contributed by atoms with Crippen molar-refractivity contribution in [1.29, 1.82) is 0 Å². The molecular formula is C8H7N4. The first-order chi connectivity index (χ1) is 5.88. The van der Waals surface area contributed by atoms with Gasteiger partial charge in [0.05, 0.1) is 7.05 Å². The highest BCUT2D eigenvalue weighted by molar-refractivity contribution is 5.53.